The summed E-state index contributed by atoms with van der Waals surface area (Å²) in [4.78, 5) is 2.37. The molecule has 0 aliphatic heterocycles. The van der Waals surface area contributed by atoms with E-state index in [0.717, 1.165) is 12.1 Å². The van der Waals surface area contributed by atoms with Crippen LogP contribution in [0, 0.1) is 5.82 Å². The number of hydrogen-bond donors (Lipinski definition) is 1. The molecule has 1 atom stereocenters. The van der Waals surface area contributed by atoms with Gasteiger partial charge in [-0.3, -0.25) is 4.90 Å². The molecule has 0 radical (unpaired) electrons. The molecule has 4 nitrogen and oxygen atoms in total. The number of methoxy groups -OCH3 is 2. The third-order valence-electron chi connectivity index (χ3n) is 3.24. The maximum absolute atomic E-state index is 13.7. The summed E-state index contributed by atoms with van der Waals surface area (Å²) < 4.78 is 24.0. The highest BCUT2D eigenvalue weighted by Gasteiger charge is 2.15. The Bertz CT molecular complexity index is 471. The summed E-state index contributed by atoms with van der Waals surface area (Å²) in [6.45, 7) is 4.58. The van der Waals surface area contributed by atoms with Gasteiger partial charge in [0, 0.05) is 38.9 Å². The van der Waals surface area contributed by atoms with Crippen LogP contribution in [0.25, 0.3) is 0 Å². The molecular formula is C15H23FN2O2S. The molecule has 0 aliphatic rings. The zero-order valence-corrected chi connectivity index (χ0v) is 13.6. The molecule has 1 aromatic rings. The van der Waals surface area contributed by atoms with Crippen LogP contribution in [0.3, 0.4) is 0 Å². The smallest absolute Gasteiger partial charge is 0.124 e. The highest BCUT2D eigenvalue weighted by Crippen LogP contribution is 2.14. The number of halogens is 1. The van der Waals surface area contributed by atoms with E-state index in [1.807, 2.05) is 6.07 Å². The third-order valence-corrected chi connectivity index (χ3v) is 3.48. The molecule has 1 rings (SSSR count). The summed E-state index contributed by atoms with van der Waals surface area (Å²) in [7, 11) is 3.32. The number of rotatable bonds is 9. The SMILES string of the molecule is COCCN(Cc1cc(F)cc(C(N)=S)c1)C(C)COC. The molecule has 0 aromatic heterocycles. The fourth-order valence-corrected chi connectivity index (χ4v) is 2.25. The lowest BCUT2D eigenvalue weighted by Crippen LogP contribution is -2.38. The molecule has 6 heteroatoms. The van der Waals surface area contributed by atoms with Crippen molar-refractivity contribution in [3.63, 3.8) is 0 Å². The average Bonchev–Trinajstić information content (AvgIpc) is 2.43. The minimum Gasteiger partial charge on any atom is -0.389 e. The second kappa shape index (κ2) is 9.04. The van der Waals surface area contributed by atoms with E-state index >= 15 is 0 Å². The molecule has 2 N–H and O–H groups in total. The second-order valence-electron chi connectivity index (χ2n) is 4.98. The van der Waals surface area contributed by atoms with E-state index in [0.29, 0.717) is 25.3 Å². The van der Waals surface area contributed by atoms with Gasteiger partial charge in [-0.25, -0.2) is 4.39 Å². The van der Waals surface area contributed by atoms with Crippen molar-refractivity contribution in [2.45, 2.75) is 19.5 Å². The molecule has 0 amide bonds. The van der Waals surface area contributed by atoms with Gasteiger partial charge < -0.3 is 15.2 Å². The maximum Gasteiger partial charge on any atom is 0.124 e. The number of nitrogens with zero attached hydrogens (tertiary/aromatic N) is 1. The Morgan fingerprint density at radius 3 is 2.62 bits per heavy atom. The van der Waals surface area contributed by atoms with Crippen molar-refractivity contribution in [3.8, 4) is 0 Å². The van der Waals surface area contributed by atoms with Crippen molar-refractivity contribution < 1.29 is 13.9 Å². The fourth-order valence-electron chi connectivity index (χ4n) is 2.13. The van der Waals surface area contributed by atoms with E-state index in [2.05, 4.69) is 11.8 Å². The van der Waals surface area contributed by atoms with Crippen molar-refractivity contribution in [1.82, 2.24) is 4.90 Å². The molecule has 1 aromatic carbocycles. The van der Waals surface area contributed by atoms with Crippen LogP contribution in [0.4, 0.5) is 4.39 Å². The lowest BCUT2D eigenvalue weighted by Gasteiger charge is -2.28. The van der Waals surface area contributed by atoms with Gasteiger partial charge in [0.25, 0.3) is 0 Å². The van der Waals surface area contributed by atoms with Gasteiger partial charge in [0.2, 0.25) is 0 Å². The van der Waals surface area contributed by atoms with Crippen molar-refractivity contribution in [3.05, 3.63) is 35.1 Å². The van der Waals surface area contributed by atoms with Crippen LogP contribution in [0.15, 0.2) is 18.2 Å². The predicted molar refractivity (Wildman–Crippen MR) is 85.9 cm³/mol. The first-order chi connectivity index (χ1) is 9.97. The van der Waals surface area contributed by atoms with E-state index in [4.69, 9.17) is 27.4 Å². The maximum atomic E-state index is 13.7. The monoisotopic (exact) mass is 314 g/mol. The van der Waals surface area contributed by atoms with Crippen molar-refractivity contribution in [1.29, 1.82) is 0 Å². The zero-order valence-electron chi connectivity index (χ0n) is 12.8. The summed E-state index contributed by atoms with van der Waals surface area (Å²) in [5.41, 5.74) is 6.96. The molecular weight excluding hydrogens is 291 g/mol. The van der Waals surface area contributed by atoms with E-state index in [1.165, 1.54) is 12.1 Å². The predicted octanol–water partition coefficient (Wildman–Crippen LogP) is 1.94. The molecule has 0 bridgehead atoms. The zero-order chi connectivity index (χ0) is 15.8. The molecule has 21 heavy (non-hydrogen) atoms. The summed E-state index contributed by atoms with van der Waals surface area (Å²) in [6, 6.07) is 4.87. The molecule has 1 unspecified atom stereocenters. The van der Waals surface area contributed by atoms with Crippen molar-refractivity contribution in [2.24, 2.45) is 5.73 Å². The molecule has 0 fully saturated rings. The Balaban J connectivity index is 2.88. The van der Waals surface area contributed by atoms with Crippen LogP contribution < -0.4 is 5.73 Å². The first-order valence-corrected chi connectivity index (χ1v) is 7.20. The van der Waals surface area contributed by atoms with Gasteiger partial charge >= 0.3 is 0 Å². The Morgan fingerprint density at radius 1 is 1.33 bits per heavy atom. The topological polar surface area (TPSA) is 47.7 Å². The van der Waals surface area contributed by atoms with Crippen LogP contribution in [0.1, 0.15) is 18.1 Å². The fraction of sp³-hybridized carbons (Fsp3) is 0.533. The minimum absolute atomic E-state index is 0.196. The van der Waals surface area contributed by atoms with Gasteiger partial charge in [0.05, 0.1) is 13.2 Å². The van der Waals surface area contributed by atoms with Gasteiger partial charge in [-0.15, -0.1) is 0 Å². The minimum atomic E-state index is -0.332. The number of thiocarbonyl (C=S) groups is 1. The van der Waals surface area contributed by atoms with Crippen molar-refractivity contribution in [2.75, 3.05) is 34.0 Å². The summed E-state index contributed by atoms with van der Waals surface area (Å²) in [5.74, 6) is -0.332. The van der Waals surface area contributed by atoms with Crippen LogP contribution >= 0.6 is 12.2 Å². The van der Waals surface area contributed by atoms with E-state index < -0.39 is 0 Å². The molecule has 0 aliphatic carbocycles. The second-order valence-corrected chi connectivity index (χ2v) is 5.42. The van der Waals surface area contributed by atoms with E-state index in [-0.39, 0.29) is 16.8 Å². The van der Waals surface area contributed by atoms with E-state index in [1.54, 1.807) is 14.2 Å². The Labute approximate surface area is 131 Å². The Kier molecular flexibility index (Phi) is 7.74. The standard InChI is InChI=1S/C15H23FN2O2S/c1-11(10-20-3)18(4-5-19-2)9-12-6-13(15(17)21)8-14(16)7-12/h6-8,11H,4-5,9-10H2,1-3H3,(H2,17,21). The Hall–Kier alpha value is -1.08. The van der Waals surface area contributed by atoms with Crippen LogP contribution in [0.2, 0.25) is 0 Å². The lowest BCUT2D eigenvalue weighted by molar-refractivity contribution is 0.0704. The molecule has 0 heterocycles. The van der Waals surface area contributed by atoms with Crippen LogP contribution in [-0.2, 0) is 16.0 Å². The number of benzene rings is 1. The largest absolute Gasteiger partial charge is 0.389 e. The van der Waals surface area contributed by atoms with Gasteiger partial charge in [0.15, 0.2) is 0 Å². The van der Waals surface area contributed by atoms with E-state index in [9.17, 15) is 4.39 Å². The molecule has 0 saturated heterocycles. The van der Waals surface area contributed by atoms with Crippen LogP contribution in [-0.4, -0.2) is 49.9 Å². The number of hydrogen-bond acceptors (Lipinski definition) is 4. The van der Waals surface area contributed by atoms with Crippen LogP contribution in [0.5, 0.6) is 0 Å². The highest BCUT2D eigenvalue weighted by atomic mass is 32.1. The van der Waals surface area contributed by atoms with Gasteiger partial charge in [-0.2, -0.15) is 0 Å². The average molecular weight is 314 g/mol. The summed E-state index contributed by atoms with van der Waals surface area (Å²) in [5, 5.41) is 0. The summed E-state index contributed by atoms with van der Waals surface area (Å²) in [6.07, 6.45) is 0. The molecule has 118 valence electrons. The first-order valence-electron chi connectivity index (χ1n) is 6.79. The Morgan fingerprint density at radius 2 is 2.05 bits per heavy atom. The highest BCUT2D eigenvalue weighted by molar-refractivity contribution is 7.80. The van der Waals surface area contributed by atoms with Crippen molar-refractivity contribution >= 4 is 17.2 Å². The normalized spacial score (nSPS) is 12.6. The van der Waals surface area contributed by atoms with Gasteiger partial charge in [0.1, 0.15) is 10.8 Å². The number of nitrogens with two attached hydrogens (primary N) is 1. The molecule has 0 spiro atoms. The quantitative estimate of drug-likeness (QED) is 0.706. The molecule has 0 saturated carbocycles. The summed E-state index contributed by atoms with van der Waals surface area (Å²) >= 11 is 4.92. The lowest BCUT2D eigenvalue weighted by atomic mass is 10.1. The third kappa shape index (κ3) is 6.05. The van der Waals surface area contributed by atoms with Gasteiger partial charge in [-0.1, -0.05) is 12.2 Å². The first kappa shape index (κ1) is 18.0. The van der Waals surface area contributed by atoms with Gasteiger partial charge in [-0.05, 0) is 30.7 Å². The number of ether oxygens (including phenoxy) is 2.